The molecule has 1 aliphatic heterocycles. The van der Waals surface area contributed by atoms with Crippen LogP contribution < -0.4 is 14.8 Å². The summed E-state index contributed by atoms with van der Waals surface area (Å²) >= 11 is 0. The third-order valence-corrected chi connectivity index (χ3v) is 4.83. The Morgan fingerprint density at radius 1 is 1.10 bits per heavy atom. The van der Waals surface area contributed by atoms with Gasteiger partial charge in [0.2, 0.25) is 5.91 Å². The van der Waals surface area contributed by atoms with Crippen LogP contribution in [0.2, 0.25) is 0 Å². The number of rotatable bonds is 4. The molecule has 0 aliphatic carbocycles. The summed E-state index contributed by atoms with van der Waals surface area (Å²) in [5, 5.41) is 7.35. The van der Waals surface area contributed by atoms with Crippen LogP contribution in [0.25, 0.3) is 11.8 Å². The fourth-order valence-corrected chi connectivity index (χ4v) is 3.31. The molecule has 3 aromatic rings. The van der Waals surface area contributed by atoms with Crippen LogP contribution >= 0.6 is 0 Å². The van der Waals surface area contributed by atoms with Crippen LogP contribution in [-0.4, -0.2) is 28.9 Å². The molecular formula is C23H22FN3O3. The Labute approximate surface area is 173 Å². The average molecular weight is 407 g/mol. The van der Waals surface area contributed by atoms with Crippen LogP contribution in [0.4, 0.5) is 10.1 Å². The molecule has 7 heteroatoms. The van der Waals surface area contributed by atoms with Gasteiger partial charge in [-0.05, 0) is 56.3 Å². The van der Waals surface area contributed by atoms with E-state index in [9.17, 15) is 9.18 Å². The lowest BCUT2D eigenvalue weighted by molar-refractivity contribution is -0.111. The molecule has 1 aliphatic rings. The monoisotopic (exact) mass is 407 g/mol. The van der Waals surface area contributed by atoms with Crippen molar-refractivity contribution in [3.05, 3.63) is 71.3 Å². The van der Waals surface area contributed by atoms with E-state index in [0.717, 1.165) is 29.1 Å². The zero-order chi connectivity index (χ0) is 21.1. The summed E-state index contributed by atoms with van der Waals surface area (Å²) in [7, 11) is 0. The van der Waals surface area contributed by atoms with Crippen molar-refractivity contribution in [3.8, 4) is 17.2 Å². The third-order valence-electron chi connectivity index (χ3n) is 4.83. The molecule has 2 heterocycles. The number of benzene rings is 2. The fraction of sp³-hybridized carbons (Fsp3) is 0.217. The second-order valence-electron chi connectivity index (χ2n) is 7.01. The first-order valence-corrected chi connectivity index (χ1v) is 9.72. The molecule has 2 aromatic carbocycles. The number of nitrogens with zero attached hydrogens (tertiary/aromatic N) is 2. The van der Waals surface area contributed by atoms with Crippen LogP contribution in [0.15, 0.2) is 48.5 Å². The molecule has 0 bridgehead atoms. The van der Waals surface area contributed by atoms with E-state index in [2.05, 4.69) is 10.4 Å². The first-order valence-electron chi connectivity index (χ1n) is 9.72. The number of aromatic nitrogens is 2. The number of hydrogen-bond donors (Lipinski definition) is 1. The van der Waals surface area contributed by atoms with Gasteiger partial charge in [-0.2, -0.15) is 5.10 Å². The number of fused-ring (bicyclic) bond motifs is 1. The van der Waals surface area contributed by atoms with Gasteiger partial charge in [-0.3, -0.25) is 4.79 Å². The normalized spacial score (nSPS) is 13.3. The number of ether oxygens (including phenoxy) is 2. The van der Waals surface area contributed by atoms with Gasteiger partial charge in [-0.25, -0.2) is 9.07 Å². The number of nitrogens with one attached hydrogen (secondary N) is 1. The summed E-state index contributed by atoms with van der Waals surface area (Å²) in [5.74, 6) is 0.742. The second kappa shape index (κ2) is 8.41. The molecule has 0 saturated carbocycles. The zero-order valence-electron chi connectivity index (χ0n) is 16.8. The first-order chi connectivity index (χ1) is 14.5. The van der Waals surface area contributed by atoms with Crippen molar-refractivity contribution in [1.82, 2.24) is 9.78 Å². The van der Waals surface area contributed by atoms with Gasteiger partial charge in [0.1, 0.15) is 5.82 Å². The van der Waals surface area contributed by atoms with Crippen LogP contribution in [0.1, 0.15) is 23.4 Å². The number of aryl methyl sites for hydroxylation is 1. The molecule has 0 atom stereocenters. The third kappa shape index (κ3) is 4.20. The molecule has 0 unspecified atom stereocenters. The molecule has 1 N–H and O–H groups in total. The number of anilines is 1. The molecule has 0 fully saturated rings. The predicted molar refractivity (Wildman–Crippen MR) is 113 cm³/mol. The maximum absolute atomic E-state index is 13.2. The topological polar surface area (TPSA) is 65.4 Å². The first kappa shape index (κ1) is 19.7. The highest BCUT2D eigenvalue weighted by Crippen LogP contribution is 2.32. The van der Waals surface area contributed by atoms with Crippen molar-refractivity contribution in [2.75, 3.05) is 18.5 Å². The van der Waals surface area contributed by atoms with Gasteiger partial charge in [-0.15, -0.1) is 0 Å². The second-order valence-corrected chi connectivity index (χ2v) is 7.01. The highest BCUT2D eigenvalue weighted by molar-refractivity contribution is 6.02. The van der Waals surface area contributed by atoms with E-state index in [1.54, 1.807) is 41.1 Å². The van der Waals surface area contributed by atoms with Gasteiger partial charge in [-0.1, -0.05) is 0 Å². The maximum atomic E-state index is 13.2. The molecule has 30 heavy (non-hydrogen) atoms. The Kier molecular flexibility index (Phi) is 5.52. The minimum absolute atomic E-state index is 0.266. The molecule has 4 rings (SSSR count). The molecular weight excluding hydrogens is 385 g/mol. The van der Waals surface area contributed by atoms with Gasteiger partial charge in [0, 0.05) is 35.5 Å². The maximum Gasteiger partial charge on any atom is 0.248 e. The van der Waals surface area contributed by atoms with Gasteiger partial charge in [0.25, 0.3) is 0 Å². The number of halogens is 1. The molecule has 0 spiro atoms. The summed E-state index contributed by atoms with van der Waals surface area (Å²) in [6.45, 7) is 4.98. The number of hydrogen-bond acceptors (Lipinski definition) is 4. The van der Waals surface area contributed by atoms with Crippen molar-refractivity contribution in [2.45, 2.75) is 20.3 Å². The predicted octanol–water partition coefficient (Wildman–Crippen LogP) is 4.44. The lowest BCUT2D eigenvalue weighted by Gasteiger charge is -2.09. The molecule has 154 valence electrons. The van der Waals surface area contributed by atoms with Crippen LogP contribution in [0.5, 0.6) is 11.5 Å². The van der Waals surface area contributed by atoms with Crippen molar-refractivity contribution >= 4 is 17.7 Å². The molecule has 0 saturated heterocycles. The van der Waals surface area contributed by atoms with Crippen molar-refractivity contribution in [3.63, 3.8) is 0 Å². The van der Waals surface area contributed by atoms with Crippen molar-refractivity contribution in [1.29, 1.82) is 0 Å². The molecule has 1 aromatic heterocycles. The van der Waals surface area contributed by atoms with E-state index < -0.39 is 0 Å². The molecule has 1 amide bonds. The minimum atomic E-state index is -0.299. The molecule has 6 nitrogen and oxygen atoms in total. The minimum Gasteiger partial charge on any atom is -0.490 e. The summed E-state index contributed by atoms with van der Waals surface area (Å²) in [4.78, 5) is 12.4. The van der Waals surface area contributed by atoms with Crippen LogP contribution in [-0.2, 0) is 4.79 Å². The van der Waals surface area contributed by atoms with E-state index in [-0.39, 0.29) is 11.7 Å². The Morgan fingerprint density at radius 2 is 1.83 bits per heavy atom. The van der Waals surface area contributed by atoms with Gasteiger partial charge in [0.05, 0.1) is 24.6 Å². The Balaban J connectivity index is 1.49. The Bertz CT molecular complexity index is 1100. The van der Waals surface area contributed by atoms with E-state index in [1.165, 1.54) is 18.2 Å². The fourth-order valence-electron chi connectivity index (χ4n) is 3.31. The summed E-state index contributed by atoms with van der Waals surface area (Å²) in [5.41, 5.74) is 3.86. The standard InChI is InChI=1S/C23H22FN3O3/c1-15-20(16(2)27(26-15)19-7-4-17(24)5-8-19)9-11-23(28)25-18-6-10-21-22(14-18)30-13-3-12-29-21/h4-11,14H,3,12-13H2,1-2H3,(H,25,28)/b11-9+. The van der Waals surface area contributed by atoms with Gasteiger partial charge in [0.15, 0.2) is 11.5 Å². The van der Waals surface area contributed by atoms with Crippen LogP contribution in [0, 0.1) is 19.7 Å². The van der Waals surface area contributed by atoms with E-state index in [1.807, 2.05) is 13.8 Å². The largest absolute Gasteiger partial charge is 0.490 e. The lowest BCUT2D eigenvalue weighted by atomic mass is 10.2. The van der Waals surface area contributed by atoms with E-state index >= 15 is 0 Å². The number of carbonyl (C=O) groups is 1. The van der Waals surface area contributed by atoms with Crippen molar-refractivity contribution < 1.29 is 18.7 Å². The summed E-state index contributed by atoms with van der Waals surface area (Å²) < 4.78 is 26.2. The Hall–Kier alpha value is -3.61. The Morgan fingerprint density at radius 3 is 2.60 bits per heavy atom. The van der Waals surface area contributed by atoms with Gasteiger partial charge >= 0.3 is 0 Å². The van der Waals surface area contributed by atoms with Crippen molar-refractivity contribution in [2.24, 2.45) is 0 Å². The van der Waals surface area contributed by atoms with E-state index in [4.69, 9.17) is 9.47 Å². The molecule has 0 radical (unpaired) electrons. The number of carbonyl (C=O) groups excluding carboxylic acids is 1. The highest BCUT2D eigenvalue weighted by Gasteiger charge is 2.13. The summed E-state index contributed by atoms with van der Waals surface area (Å²) in [6, 6.07) is 11.4. The van der Waals surface area contributed by atoms with Gasteiger partial charge < -0.3 is 14.8 Å². The number of amides is 1. The summed E-state index contributed by atoms with van der Waals surface area (Å²) in [6.07, 6.45) is 4.02. The van der Waals surface area contributed by atoms with Crippen LogP contribution in [0.3, 0.4) is 0 Å². The smallest absolute Gasteiger partial charge is 0.248 e. The quantitative estimate of drug-likeness (QED) is 0.650. The average Bonchev–Trinajstić information content (AvgIpc) is 2.89. The lowest BCUT2D eigenvalue weighted by Crippen LogP contribution is -2.08. The zero-order valence-corrected chi connectivity index (χ0v) is 16.8. The SMILES string of the molecule is Cc1nn(-c2ccc(F)cc2)c(C)c1/C=C/C(=O)Nc1ccc2c(c1)OCCCO2. The van der Waals surface area contributed by atoms with E-state index in [0.29, 0.717) is 30.4 Å². The highest BCUT2D eigenvalue weighted by atomic mass is 19.1.